The lowest BCUT2D eigenvalue weighted by atomic mass is 10.4. The second-order valence-electron chi connectivity index (χ2n) is 5.04. The van der Waals surface area contributed by atoms with Crippen LogP contribution in [0.1, 0.15) is 0 Å². The first-order valence-corrected chi connectivity index (χ1v) is 7.50. The maximum Gasteiger partial charge on any atom is 0.396 e. The molecule has 34 heavy (non-hydrogen) atoms. The van der Waals surface area contributed by atoms with E-state index in [1.165, 1.54) is 0 Å². The minimum Gasteiger partial charge on any atom is -0.412 e. The predicted molar refractivity (Wildman–Crippen MR) is 103 cm³/mol. The third-order valence-corrected chi connectivity index (χ3v) is 2.80. The molecule has 0 saturated heterocycles. The average molecular weight is 488 g/mol. The molecule has 184 valence electrons. The van der Waals surface area contributed by atoms with Crippen LogP contribution < -0.4 is 44.0 Å². The molecule has 0 saturated carbocycles. The van der Waals surface area contributed by atoms with E-state index in [0.717, 1.165) is 9.36 Å². The molecule has 0 aliphatic heterocycles. The molecule has 0 aliphatic carbocycles. The summed E-state index contributed by atoms with van der Waals surface area (Å²) in [6, 6.07) is 0. The third-order valence-electron chi connectivity index (χ3n) is 2.80. The quantitative estimate of drug-likeness (QED) is 0.0671. The average Bonchev–Trinajstić information content (AvgIpc) is 3.43. The van der Waals surface area contributed by atoms with Crippen LogP contribution >= 0.6 is 0 Å². The Morgan fingerprint density at radius 3 is 1.26 bits per heavy atom. The lowest BCUT2D eigenvalue weighted by Gasteiger charge is -1.96. The van der Waals surface area contributed by atoms with Crippen molar-refractivity contribution < 1.29 is 31.6 Å². The Kier molecular flexibility index (Phi) is 9.47. The highest BCUT2D eigenvalue weighted by atomic mass is 16.6. The zero-order valence-electron chi connectivity index (χ0n) is 16.4. The van der Waals surface area contributed by atoms with Crippen molar-refractivity contribution >= 4 is 34.6 Å². The van der Waals surface area contributed by atoms with Gasteiger partial charge in [0.2, 0.25) is 0 Å². The fourth-order valence-electron chi connectivity index (χ4n) is 1.97. The summed E-state index contributed by atoms with van der Waals surface area (Å²) in [5.41, 5.74) is 17.6. The van der Waals surface area contributed by atoms with Crippen LogP contribution in [-0.4, -0.2) is 83.3 Å². The lowest BCUT2D eigenvalue weighted by molar-refractivity contribution is -0.388. The van der Waals surface area contributed by atoms with Crippen LogP contribution in [0.3, 0.4) is 0 Å². The molecule has 0 spiro atoms. The molecule has 0 radical (unpaired) electrons. The topological polar surface area (TPSA) is 446 Å². The number of nitro groups is 2. The lowest BCUT2D eigenvalue weighted by Crippen LogP contribution is -2.51. The molecule has 0 aliphatic rings. The van der Waals surface area contributed by atoms with E-state index in [4.69, 9.17) is 0 Å². The molecule has 0 bridgehead atoms. The molecule has 0 fully saturated rings. The van der Waals surface area contributed by atoms with Crippen molar-refractivity contribution in [2.75, 3.05) is 0 Å². The zero-order valence-corrected chi connectivity index (χ0v) is 16.4. The van der Waals surface area contributed by atoms with Crippen LogP contribution in [0.5, 0.6) is 0 Å². The summed E-state index contributed by atoms with van der Waals surface area (Å²) in [4.78, 5) is 20.8. The number of tetrazole rings is 2. The van der Waals surface area contributed by atoms with E-state index in [0.29, 0.717) is 0 Å². The second-order valence-corrected chi connectivity index (χ2v) is 5.04. The largest absolute Gasteiger partial charge is 0.412 e. The number of nitrogens with zero attached hydrogens (tertiary/aromatic N) is 14. The molecule has 0 unspecified atom stereocenters. The van der Waals surface area contributed by atoms with E-state index in [1.54, 1.807) is 0 Å². The van der Waals surface area contributed by atoms with Gasteiger partial charge >= 0.3 is 23.6 Å². The Morgan fingerprint density at radius 1 is 0.765 bits per heavy atom. The highest BCUT2D eigenvalue weighted by molar-refractivity contribution is 5.91. The van der Waals surface area contributed by atoms with Gasteiger partial charge < -0.3 is 31.2 Å². The van der Waals surface area contributed by atoms with Crippen molar-refractivity contribution in [3.63, 3.8) is 0 Å². The molecule has 4 rings (SSSR count). The van der Waals surface area contributed by atoms with Gasteiger partial charge in [0.15, 0.2) is 11.0 Å². The van der Waals surface area contributed by atoms with Gasteiger partial charge in [-0.1, -0.05) is 0 Å². The number of nitrogens with two attached hydrogens (primary N) is 6. The monoisotopic (exact) mass is 488 g/mol. The molecule has 4 aromatic heterocycles. The van der Waals surface area contributed by atoms with E-state index >= 15 is 0 Å². The Balaban J connectivity index is 0.000000957. The number of rotatable bonds is 4. The smallest absolute Gasteiger partial charge is 0.396 e. The summed E-state index contributed by atoms with van der Waals surface area (Å²) in [7, 11) is 0. The molecule has 26 heteroatoms. The van der Waals surface area contributed by atoms with Gasteiger partial charge in [0.1, 0.15) is 11.9 Å². The Morgan fingerprint density at radius 2 is 1.06 bits per heavy atom. The van der Waals surface area contributed by atoms with E-state index in [9.17, 15) is 20.2 Å². The molecule has 0 aromatic carbocycles. The first-order chi connectivity index (χ1) is 15.0. The zero-order chi connectivity index (χ0) is 24.0. The Hall–Kier alpha value is -5.92. The Bertz CT molecular complexity index is 1150. The van der Waals surface area contributed by atoms with Crippen molar-refractivity contribution in [2.45, 2.75) is 0 Å². The van der Waals surface area contributed by atoms with Crippen LogP contribution in [0.15, 0.2) is 0 Å². The highest BCUT2D eigenvalue weighted by Gasteiger charge is 2.34. The summed E-state index contributed by atoms with van der Waals surface area (Å²) in [5, 5.41) is 65.7. The minimum absolute atomic E-state index is 0. The minimum atomic E-state index is -0.867. The molecule has 0 amide bonds. The van der Waals surface area contributed by atoms with Crippen molar-refractivity contribution in [3.05, 3.63) is 20.2 Å². The van der Waals surface area contributed by atoms with Gasteiger partial charge in [-0.2, -0.15) is 19.8 Å². The molecule has 0 atom stereocenters. The predicted octanol–water partition coefficient (Wildman–Crippen LogP) is -10.3. The summed E-state index contributed by atoms with van der Waals surface area (Å²) in [6.07, 6.45) is 0. The van der Waals surface area contributed by atoms with E-state index in [-0.39, 0.29) is 45.8 Å². The SMILES string of the molecule is NC(N)=[NH2+].NC(N)=[NH2+].O.O.O=[N+]([O-])c1nn(-c2nnn[n-]2)c2c([N+](=O)[O-])nn(-c3nnn[n-]3)c12. The first-order valence-electron chi connectivity index (χ1n) is 7.50. The first kappa shape index (κ1) is 28.1. The van der Waals surface area contributed by atoms with Crippen molar-refractivity contribution in [2.24, 2.45) is 22.9 Å². The van der Waals surface area contributed by atoms with Crippen molar-refractivity contribution in [1.29, 1.82) is 0 Å². The van der Waals surface area contributed by atoms with E-state index in [2.05, 4.69) is 85.2 Å². The molecule has 26 nitrogen and oxygen atoms in total. The molecule has 4 aromatic rings. The number of hydrogen-bond donors (Lipinski definition) is 6. The van der Waals surface area contributed by atoms with Crippen LogP contribution in [0.2, 0.25) is 0 Å². The van der Waals surface area contributed by atoms with Crippen molar-refractivity contribution in [1.82, 2.24) is 60.8 Å². The van der Waals surface area contributed by atoms with E-state index < -0.39 is 21.5 Å². The molecule has 16 N–H and O–H groups in total. The molecular formula is C8H16N20O6. The second kappa shape index (κ2) is 11.5. The number of aromatic nitrogens is 12. The van der Waals surface area contributed by atoms with Crippen LogP contribution in [0, 0.1) is 20.2 Å². The number of guanidine groups is 2. The fraction of sp³-hybridized carbons (Fsp3) is 0. The Labute approximate surface area is 183 Å². The fourth-order valence-corrected chi connectivity index (χ4v) is 1.97. The highest BCUT2D eigenvalue weighted by Crippen LogP contribution is 2.33. The molecular weight excluding hydrogens is 472 g/mol. The summed E-state index contributed by atoms with van der Waals surface area (Å²) in [6.45, 7) is 0. The van der Waals surface area contributed by atoms with E-state index in [1.807, 2.05) is 0 Å². The van der Waals surface area contributed by atoms with Crippen LogP contribution in [-0.2, 0) is 0 Å². The third kappa shape index (κ3) is 6.05. The van der Waals surface area contributed by atoms with Gasteiger partial charge in [-0.15, -0.1) is 10.4 Å². The van der Waals surface area contributed by atoms with Crippen LogP contribution in [0.4, 0.5) is 11.6 Å². The summed E-state index contributed by atoms with van der Waals surface area (Å²) < 4.78 is 1.47. The van der Waals surface area contributed by atoms with Gasteiger partial charge in [-0.25, -0.2) is 10.2 Å². The normalized spacial score (nSPS) is 9.29. The van der Waals surface area contributed by atoms with Gasteiger partial charge in [0.05, 0.1) is 0 Å². The molecule has 4 heterocycles. The maximum absolute atomic E-state index is 11.3. The standard InChI is InChI=1S/C6N14O4.2CH5N3.2H2O/c21-19(22)3-1-2(18(11-3)6-9-15-16-10-6)4(20(23)24)12-17(1)5-7-13-14-8-5;2*2-1(3)4;;/h;2*(H5,2,3,4);2*1H2/q-2;;;;/p+2. The van der Waals surface area contributed by atoms with Gasteiger partial charge in [-0.3, -0.25) is 44.0 Å². The maximum atomic E-state index is 11.3. The number of fused-ring (bicyclic) bond motifs is 1. The summed E-state index contributed by atoms with van der Waals surface area (Å²) in [5.74, 6) is -2.31. The van der Waals surface area contributed by atoms with Gasteiger partial charge in [0.25, 0.3) is 0 Å². The summed E-state index contributed by atoms with van der Waals surface area (Å²) >= 11 is 0. The number of hydrogen-bond acceptors (Lipinski definition) is 12. The van der Waals surface area contributed by atoms with Crippen molar-refractivity contribution in [3.8, 4) is 11.9 Å². The van der Waals surface area contributed by atoms with Gasteiger partial charge in [0, 0.05) is 10.2 Å². The van der Waals surface area contributed by atoms with Gasteiger partial charge in [-0.05, 0) is 9.85 Å². The van der Waals surface area contributed by atoms with Crippen LogP contribution in [0.25, 0.3) is 22.9 Å².